The average Bonchev–Trinajstić information content (AvgIpc) is 2.30. The van der Waals surface area contributed by atoms with E-state index in [1.54, 1.807) is 6.20 Å². The van der Waals surface area contributed by atoms with Gasteiger partial charge in [-0.1, -0.05) is 36.9 Å². The maximum atomic E-state index is 6.16. The summed E-state index contributed by atoms with van der Waals surface area (Å²) in [6.07, 6.45) is 7.85. The molecule has 0 radical (unpaired) electrons. The lowest BCUT2D eigenvalue weighted by molar-refractivity contribution is 0.300. The van der Waals surface area contributed by atoms with Crippen LogP contribution in [0.3, 0.4) is 0 Å². The van der Waals surface area contributed by atoms with Crippen molar-refractivity contribution >= 4 is 11.6 Å². The molecule has 1 fully saturated rings. The normalized spacial score (nSPS) is 20.1. The van der Waals surface area contributed by atoms with Crippen molar-refractivity contribution in [2.75, 3.05) is 6.54 Å². The summed E-state index contributed by atoms with van der Waals surface area (Å²) in [5.41, 5.74) is 7.19. The van der Waals surface area contributed by atoms with Crippen LogP contribution in [0.1, 0.15) is 37.7 Å². The zero-order valence-corrected chi connectivity index (χ0v) is 9.63. The van der Waals surface area contributed by atoms with Gasteiger partial charge >= 0.3 is 0 Å². The first-order valence-corrected chi connectivity index (χ1v) is 5.97. The van der Waals surface area contributed by atoms with Gasteiger partial charge in [-0.25, -0.2) is 4.98 Å². The minimum Gasteiger partial charge on any atom is -0.330 e. The number of nitrogens with zero attached hydrogens (tertiary/aromatic N) is 1. The van der Waals surface area contributed by atoms with Crippen molar-refractivity contribution in [1.29, 1.82) is 0 Å². The van der Waals surface area contributed by atoms with E-state index in [0.29, 0.717) is 11.7 Å². The number of rotatable bonds is 2. The molecule has 2 rings (SSSR count). The highest BCUT2D eigenvalue weighted by Gasteiger charge is 2.34. The topological polar surface area (TPSA) is 38.9 Å². The third-order valence-electron chi connectivity index (χ3n) is 3.53. The highest BCUT2D eigenvalue weighted by molar-refractivity contribution is 6.30. The van der Waals surface area contributed by atoms with Crippen molar-refractivity contribution in [1.82, 2.24) is 4.98 Å². The lowest BCUT2D eigenvalue weighted by atomic mass is 9.70. The Morgan fingerprint density at radius 1 is 1.33 bits per heavy atom. The number of nitrogens with two attached hydrogens (primary N) is 1. The predicted molar refractivity (Wildman–Crippen MR) is 63.1 cm³/mol. The first kappa shape index (κ1) is 10.9. The molecule has 0 aromatic carbocycles. The highest BCUT2D eigenvalue weighted by atomic mass is 35.5. The molecule has 15 heavy (non-hydrogen) atoms. The molecule has 1 heterocycles. The third kappa shape index (κ3) is 2.01. The van der Waals surface area contributed by atoms with Crippen molar-refractivity contribution in [2.24, 2.45) is 5.73 Å². The lowest BCUT2D eigenvalue weighted by Gasteiger charge is -2.36. The zero-order chi connectivity index (χ0) is 10.7. The van der Waals surface area contributed by atoms with Crippen molar-refractivity contribution < 1.29 is 0 Å². The summed E-state index contributed by atoms with van der Waals surface area (Å²) in [5.74, 6) is 0. The molecule has 0 atom stereocenters. The SMILES string of the molecule is NCC1(c2cccnc2Cl)CCCCC1. The van der Waals surface area contributed by atoms with E-state index in [4.69, 9.17) is 17.3 Å². The molecule has 0 amide bonds. The molecule has 1 saturated carbocycles. The van der Waals surface area contributed by atoms with E-state index >= 15 is 0 Å². The summed E-state index contributed by atoms with van der Waals surface area (Å²) in [4.78, 5) is 4.16. The third-order valence-corrected chi connectivity index (χ3v) is 3.83. The Kier molecular flexibility index (Phi) is 3.27. The van der Waals surface area contributed by atoms with Crippen molar-refractivity contribution in [3.05, 3.63) is 29.0 Å². The summed E-state index contributed by atoms with van der Waals surface area (Å²) in [6, 6.07) is 4.03. The Morgan fingerprint density at radius 3 is 2.67 bits per heavy atom. The minimum absolute atomic E-state index is 0.0869. The summed E-state index contributed by atoms with van der Waals surface area (Å²) in [5, 5.41) is 0.629. The van der Waals surface area contributed by atoms with Crippen molar-refractivity contribution in [2.45, 2.75) is 37.5 Å². The van der Waals surface area contributed by atoms with Gasteiger partial charge in [-0.05, 0) is 24.5 Å². The van der Waals surface area contributed by atoms with E-state index < -0.39 is 0 Å². The van der Waals surface area contributed by atoms with E-state index in [0.717, 1.165) is 18.4 Å². The monoisotopic (exact) mass is 224 g/mol. The van der Waals surface area contributed by atoms with Crippen LogP contribution in [0.5, 0.6) is 0 Å². The Balaban J connectivity index is 2.36. The number of hydrogen-bond acceptors (Lipinski definition) is 2. The molecule has 0 spiro atoms. The zero-order valence-electron chi connectivity index (χ0n) is 8.88. The fraction of sp³-hybridized carbons (Fsp3) is 0.583. The van der Waals surface area contributed by atoms with Gasteiger partial charge in [-0.3, -0.25) is 0 Å². The molecule has 1 aromatic rings. The van der Waals surface area contributed by atoms with Crippen molar-refractivity contribution in [3.63, 3.8) is 0 Å². The van der Waals surface area contributed by atoms with Crippen molar-refractivity contribution in [3.8, 4) is 0 Å². The van der Waals surface area contributed by atoms with Gasteiger partial charge in [0.25, 0.3) is 0 Å². The molecule has 2 N–H and O–H groups in total. The lowest BCUT2D eigenvalue weighted by Crippen LogP contribution is -2.37. The maximum Gasteiger partial charge on any atom is 0.132 e. The molecule has 0 bridgehead atoms. The summed E-state index contributed by atoms with van der Waals surface area (Å²) in [6.45, 7) is 0.679. The minimum atomic E-state index is 0.0869. The van der Waals surface area contributed by atoms with Gasteiger partial charge in [0.15, 0.2) is 0 Å². The van der Waals surface area contributed by atoms with Crippen LogP contribution in [0.2, 0.25) is 5.15 Å². The highest BCUT2D eigenvalue weighted by Crippen LogP contribution is 2.40. The van der Waals surface area contributed by atoms with Gasteiger partial charge in [-0.2, -0.15) is 0 Å². The van der Waals surface area contributed by atoms with Crippen LogP contribution in [-0.2, 0) is 5.41 Å². The van der Waals surface area contributed by atoms with E-state index in [9.17, 15) is 0 Å². The number of aromatic nitrogens is 1. The molecule has 3 heteroatoms. The summed E-state index contributed by atoms with van der Waals surface area (Å²) >= 11 is 6.16. The van der Waals surface area contributed by atoms with E-state index in [1.807, 2.05) is 6.07 Å². The summed E-state index contributed by atoms with van der Waals surface area (Å²) in [7, 11) is 0. The second-order valence-corrected chi connectivity index (χ2v) is 4.74. The summed E-state index contributed by atoms with van der Waals surface area (Å²) < 4.78 is 0. The maximum absolute atomic E-state index is 6.16. The number of hydrogen-bond donors (Lipinski definition) is 1. The molecular weight excluding hydrogens is 208 g/mol. The largest absolute Gasteiger partial charge is 0.330 e. The molecule has 1 aliphatic rings. The first-order valence-electron chi connectivity index (χ1n) is 5.60. The van der Waals surface area contributed by atoms with Crippen LogP contribution in [0.15, 0.2) is 18.3 Å². The average molecular weight is 225 g/mol. The van der Waals surface area contributed by atoms with Crippen LogP contribution in [0.4, 0.5) is 0 Å². The van der Waals surface area contributed by atoms with E-state index in [-0.39, 0.29) is 5.41 Å². The Labute approximate surface area is 95.8 Å². The molecule has 0 unspecified atom stereocenters. The Morgan fingerprint density at radius 2 is 2.07 bits per heavy atom. The van der Waals surface area contributed by atoms with Crippen LogP contribution in [-0.4, -0.2) is 11.5 Å². The molecule has 0 saturated heterocycles. The quantitative estimate of drug-likeness (QED) is 0.785. The Hall–Kier alpha value is -0.600. The first-order chi connectivity index (χ1) is 7.28. The fourth-order valence-electron chi connectivity index (χ4n) is 2.59. The molecule has 82 valence electrons. The van der Waals surface area contributed by atoms with Gasteiger partial charge in [0.05, 0.1) is 0 Å². The smallest absolute Gasteiger partial charge is 0.132 e. The van der Waals surface area contributed by atoms with E-state index in [1.165, 1.54) is 19.3 Å². The predicted octanol–water partition coefficient (Wildman–Crippen LogP) is 2.90. The Bertz CT molecular complexity index is 332. The molecule has 1 aliphatic carbocycles. The molecule has 2 nitrogen and oxygen atoms in total. The standard InChI is InChI=1S/C12H17ClN2/c13-11-10(5-4-8-15-11)12(9-14)6-2-1-3-7-12/h4-5,8H,1-3,6-7,9,14H2. The second kappa shape index (κ2) is 4.50. The number of halogens is 1. The molecule has 1 aromatic heterocycles. The fourth-order valence-corrected chi connectivity index (χ4v) is 2.91. The van der Waals surface area contributed by atoms with Crippen LogP contribution < -0.4 is 5.73 Å². The van der Waals surface area contributed by atoms with Crippen LogP contribution in [0.25, 0.3) is 0 Å². The van der Waals surface area contributed by atoms with Gasteiger partial charge in [0, 0.05) is 18.2 Å². The van der Waals surface area contributed by atoms with Gasteiger partial charge < -0.3 is 5.73 Å². The molecular formula is C12H17ClN2. The van der Waals surface area contributed by atoms with E-state index in [2.05, 4.69) is 11.1 Å². The van der Waals surface area contributed by atoms with Gasteiger partial charge in [-0.15, -0.1) is 0 Å². The van der Waals surface area contributed by atoms with Gasteiger partial charge in [0.1, 0.15) is 5.15 Å². The number of pyridine rings is 1. The van der Waals surface area contributed by atoms with Crippen LogP contribution >= 0.6 is 11.6 Å². The second-order valence-electron chi connectivity index (χ2n) is 4.39. The van der Waals surface area contributed by atoms with Gasteiger partial charge in [0.2, 0.25) is 0 Å². The van der Waals surface area contributed by atoms with Crippen LogP contribution in [0, 0.1) is 0 Å². The molecule has 0 aliphatic heterocycles.